The first-order valence-electron chi connectivity index (χ1n) is 17.6. The minimum absolute atomic E-state index is 0.869. The standard InChI is InChI=1S/C48H30N2OS/c1-2-13-31(14-3-1)32-15-12-16-33(27-32)49(34-25-26-39-38-19-6-10-23-45(38)51-46(39)30-34)44-29-35(28-41-40-20-7-11-24-47(40)52-48(41)44)50-42-21-8-4-17-36(42)37-18-5-9-22-43(37)50/h1-30H. The van der Waals surface area contributed by atoms with E-state index in [4.69, 9.17) is 4.42 Å². The molecular formula is C48H30N2OS. The number of para-hydroxylation sites is 3. The van der Waals surface area contributed by atoms with Gasteiger partial charge in [0.25, 0.3) is 0 Å². The molecule has 11 aromatic rings. The van der Waals surface area contributed by atoms with Crippen molar-refractivity contribution in [2.24, 2.45) is 0 Å². The Morgan fingerprint density at radius 2 is 1.06 bits per heavy atom. The molecule has 3 aromatic heterocycles. The van der Waals surface area contributed by atoms with E-state index >= 15 is 0 Å². The van der Waals surface area contributed by atoms with Gasteiger partial charge in [0.1, 0.15) is 11.2 Å². The predicted octanol–water partition coefficient (Wildman–Crippen LogP) is 14.2. The number of fused-ring (bicyclic) bond motifs is 9. The Morgan fingerprint density at radius 3 is 1.87 bits per heavy atom. The third kappa shape index (κ3) is 4.45. The molecule has 0 atom stereocenters. The lowest BCUT2D eigenvalue weighted by Crippen LogP contribution is -2.11. The topological polar surface area (TPSA) is 21.3 Å². The van der Waals surface area contributed by atoms with Gasteiger partial charge in [0, 0.05) is 60.1 Å². The highest BCUT2D eigenvalue weighted by Crippen LogP contribution is 2.48. The third-order valence-electron chi connectivity index (χ3n) is 10.4. The summed E-state index contributed by atoms with van der Waals surface area (Å²) < 4.78 is 11.4. The molecule has 0 fully saturated rings. The van der Waals surface area contributed by atoms with E-state index in [0.717, 1.165) is 44.7 Å². The molecule has 8 aromatic carbocycles. The van der Waals surface area contributed by atoms with Crippen LogP contribution in [0.2, 0.25) is 0 Å². The SMILES string of the molecule is c1ccc(-c2cccc(N(c3ccc4c(c3)oc3ccccc34)c3cc(-n4c5ccccc5c5ccccc54)cc4c3sc3ccccc34)c2)cc1. The second-order valence-electron chi connectivity index (χ2n) is 13.3. The molecule has 0 spiro atoms. The Labute approximate surface area is 303 Å². The third-order valence-corrected chi connectivity index (χ3v) is 11.6. The van der Waals surface area contributed by atoms with Crippen molar-refractivity contribution in [1.29, 1.82) is 0 Å². The molecule has 0 saturated carbocycles. The van der Waals surface area contributed by atoms with Gasteiger partial charge in [-0.1, -0.05) is 115 Å². The molecule has 4 heteroatoms. The number of benzene rings is 8. The predicted molar refractivity (Wildman–Crippen MR) is 221 cm³/mol. The molecular weight excluding hydrogens is 653 g/mol. The van der Waals surface area contributed by atoms with Crippen LogP contribution in [0, 0.1) is 0 Å². The van der Waals surface area contributed by atoms with Crippen molar-refractivity contribution in [2.75, 3.05) is 4.90 Å². The quantitative estimate of drug-likeness (QED) is 0.180. The number of thiophene rings is 1. The molecule has 0 unspecified atom stereocenters. The van der Waals surface area contributed by atoms with Crippen molar-refractivity contribution in [1.82, 2.24) is 4.57 Å². The van der Waals surface area contributed by atoms with Crippen LogP contribution in [-0.2, 0) is 0 Å². The fourth-order valence-corrected chi connectivity index (χ4v) is 9.21. The van der Waals surface area contributed by atoms with Gasteiger partial charge in [-0.05, 0) is 71.8 Å². The lowest BCUT2D eigenvalue weighted by atomic mass is 10.0. The molecule has 3 heterocycles. The number of furan rings is 1. The van der Waals surface area contributed by atoms with Crippen LogP contribution in [0.15, 0.2) is 186 Å². The van der Waals surface area contributed by atoms with Crippen molar-refractivity contribution in [3.8, 4) is 16.8 Å². The number of hydrogen-bond acceptors (Lipinski definition) is 3. The van der Waals surface area contributed by atoms with Crippen LogP contribution in [-0.4, -0.2) is 4.57 Å². The summed E-state index contributed by atoms with van der Waals surface area (Å²) in [6.07, 6.45) is 0. The molecule has 52 heavy (non-hydrogen) atoms. The lowest BCUT2D eigenvalue weighted by Gasteiger charge is -2.27. The number of nitrogens with zero attached hydrogens (tertiary/aromatic N) is 2. The summed E-state index contributed by atoms with van der Waals surface area (Å²) in [4.78, 5) is 2.42. The monoisotopic (exact) mass is 682 g/mol. The molecule has 244 valence electrons. The molecule has 0 aliphatic heterocycles. The summed E-state index contributed by atoms with van der Waals surface area (Å²) in [7, 11) is 0. The van der Waals surface area contributed by atoms with Crippen LogP contribution in [0.25, 0.3) is 80.7 Å². The first-order valence-corrected chi connectivity index (χ1v) is 18.4. The zero-order chi connectivity index (χ0) is 34.2. The van der Waals surface area contributed by atoms with E-state index in [2.05, 4.69) is 179 Å². The second-order valence-corrected chi connectivity index (χ2v) is 14.4. The van der Waals surface area contributed by atoms with Crippen molar-refractivity contribution < 1.29 is 4.42 Å². The lowest BCUT2D eigenvalue weighted by molar-refractivity contribution is 0.669. The van der Waals surface area contributed by atoms with Crippen LogP contribution in [0.4, 0.5) is 17.1 Å². The van der Waals surface area contributed by atoms with Gasteiger partial charge in [0.15, 0.2) is 0 Å². The highest BCUT2D eigenvalue weighted by molar-refractivity contribution is 7.26. The maximum atomic E-state index is 6.49. The average Bonchev–Trinajstić information content (AvgIpc) is 3.88. The second kappa shape index (κ2) is 11.5. The highest BCUT2D eigenvalue weighted by atomic mass is 32.1. The Bertz CT molecular complexity index is 3100. The minimum atomic E-state index is 0.869. The smallest absolute Gasteiger partial charge is 0.137 e. The van der Waals surface area contributed by atoms with E-state index in [1.807, 2.05) is 23.5 Å². The molecule has 3 nitrogen and oxygen atoms in total. The molecule has 0 amide bonds. The summed E-state index contributed by atoms with van der Waals surface area (Å²) >= 11 is 1.85. The van der Waals surface area contributed by atoms with Gasteiger partial charge < -0.3 is 13.9 Å². The first-order chi connectivity index (χ1) is 25.8. The highest BCUT2D eigenvalue weighted by Gasteiger charge is 2.23. The van der Waals surface area contributed by atoms with Crippen LogP contribution < -0.4 is 4.90 Å². The number of rotatable bonds is 5. The molecule has 0 aliphatic rings. The Hall–Kier alpha value is -6.62. The zero-order valence-corrected chi connectivity index (χ0v) is 28.8. The van der Waals surface area contributed by atoms with Crippen molar-refractivity contribution >= 4 is 92.3 Å². The van der Waals surface area contributed by atoms with E-state index in [0.29, 0.717) is 0 Å². The number of anilines is 3. The largest absolute Gasteiger partial charge is 0.456 e. The van der Waals surface area contributed by atoms with Gasteiger partial charge in [0.05, 0.1) is 21.4 Å². The van der Waals surface area contributed by atoms with Crippen molar-refractivity contribution in [3.63, 3.8) is 0 Å². The van der Waals surface area contributed by atoms with Gasteiger partial charge in [-0.3, -0.25) is 0 Å². The van der Waals surface area contributed by atoms with Crippen LogP contribution in [0.5, 0.6) is 0 Å². The normalized spacial score (nSPS) is 11.8. The minimum Gasteiger partial charge on any atom is -0.456 e. The van der Waals surface area contributed by atoms with E-state index in [9.17, 15) is 0 Å². The molecule has 0 N–H and O–H groups in total. The molecule has 11 rings (SSSR count). The Kier molecular flexibility index (Phi) is 6.42. The van der Waals surface area contributed by atoms with Crippen molar-refractivity contribution in [2.45, 2.75) is 0 Å². The number of hydrogen-bond donors (Lipinski definition) is 0. The fourth-order valence-electron chi connectivity index (χ4n) is 8.03. The van der Waals surface area contributed by atoms with E-state index < -0.39 is 0 Å². The van der Waals surface area contributed by atoms with E-state index in [1.165, 1.54) is 53.1 Å². The van der Waals surface area contributed by atoms with E-state index in [1.54, 1.807) is 0 Å². The Morgan fingerprint density at radius 1 is 0.423 bits per heavy atom. The van der Waals surface area contributed by atoms with Crippen LogP contribution in [0.1, 0.15) is 0 Å². The fraction of sp³-hybridized carbons (Fsp3) is 0. The summed E-state index contributed by atoms with van der Waals surface area (Å²) in [6, 6.07) is 65.5. The van der Waals surface area contributed by atoms with Gasteiger partial charge in [-0.25, -0.2) is 0 Å². The molecule has 0 bridgehead atoms. The molecule has 0 aliphatic carbocycles. The maximum Gasteiger partial charge on any atom is 0.137 e. The Balaban J connectivity index is 1.25. The molecule has 0 radical (unpaired) electrons. The summed E-state index contributed by atoms with van der Waals surface area (Å²) in [6.45, 7) is 0. The maximum absolute atomic E-state index is 6.49. The van der Waals surface area contributed by atoms with Crippen LogP contribution >= 0.6 is 11.3 Å². The summed E-state index contributed by atoms with van der Waals surface area (Å²) in [5.74, 6) is 0. The van der Waals surface area contributed by atoms with Gasteiger partial charge in [-0.2, -0.15) is 0 Å². The summed E-state index contributed by atoms with van der Waals surface area (Å²) in [5.41, 5.74) is 10.9. The molecule has 0 saturated heterocycles. The number of aromatic nitrogens is 1. The van der Waals surface area contributed by atoms with Crippen molar-refractivity contribution in [3.05, 3.63) is 182 Å². The average molecular weight is 683 g/mol. The zero-order valence-electron chi connectivity index (χ0n) is 28.0. The van der Waals surface area contributed by atoms with Crippen LogP contribution in [0.3, 0.4) is 0 Å². The van der Waals surface area contributed by atoms with E-state index in [-0.39, 0.29) is 0 Å². The summed E-state index contributed by atoms with van der Waals surface area (Å²) in [5, 5.41) is 7.24. The van der Waals surface area contributed by atoms with Gasteiger partial charge in [-0.15, -0.1) is 11.3 Å². The first kappa shape index (κ1) is 29.1. The van der Waals surface area contributed by atoms with Gasteiger partial charge in [0.2, 0.25) is 0 Å². The van der Waals surface area contributed by atoms with Gasteiger partial charge >= 0.3 is 0 Å².